The van der Waals surface area contributed by atoms with Gasteiger partial charge in [-0.15, -0.1) is 23.1 Å². The van der Waals surface area contributed by atoms with E-state index in [0.29, 0.717) is 17.1 Å². The van der Waals surface area contributed by atoms with Crippen LogP contribution >= 0.6 is 23.1 Å². The topological polar surface area (TPSA) is 91.5 Å². The molecular weight excluding hydrogens is 396 g/mol. The quantitative estimate of drug-likeness (QED) is 0.424. The third kappa shape index (κ3) is 5.83. The first-order valence-corrected chi connectivity index (χ1v) is 10.3. The van der Waals surface area contributed by atoms with E-state index in [0.717, 1.165) is 16.2 Å². The summed E-state index contributed by atoms with van der Waals surface area (Å²) in [5.41, 5.74) is 9.11. The number of primary amides is 1. The molecule has 0 saturated heterocycles. The van der Waals surface area contributed by atoms with Crippen molar-refractivity contribution in [3.05, 3.63) is 76.2 Å². The summed E-state index contributed by atoms with van der Waals surface area (Å²) in [4.78, 5) is 28.5. The maximum absolute atomic E-state index is 12.6. The average molecular weight is 415 g/mol. The second kappa shape index (κ2) is 9.91. The van der Waals surface area contributed by atoms with E-state index in [1.807, 2.05) is 29.6 Å². The number of benzene rings is 2. The van der Waals surface area contributed by atoms with Crippen LogP contribution < -0.4 is 10.5 Å². The van der Waals surface area contributed by atoms with Crippen LogP contribution in [0.2, 0.25) is 0 Å². The third-order valence-electron chi connectivity index (χ3n) is 3.62. The zero-order chi connectivity index (χ0) is 19.8. The van der Waals surface area contributed by atoms with Crippen LogP contribution in [0.25, 0.3) is 0 Å². The number of amides is 1. The normalized spacial score (nSPS) is 10.4. The first kappa shape index (κ1) is 19.9. The van der Waals surface area contributed by atoms with Gasteiger partial charge in [-0.2, -0.15) is 0 Å². The average Bonchev–Trinajstić information content (AvgIpc) is 3.23. The highest BCUT2D eigenvalue weighted by Crippen LogP contribution is 2.27. The van der Waals surface area contributed by atoms with Gasteiger partial charge in [0.25, 0.3) is 5.91 Å². The fourth-order valence-corrected chi connectivity index (χ4v) is 3.93. The van der Waals surface area contributed by atoms with Crippen molar-refractivity contribution < 1.29 is 19.1 Å². The van der Waals surface area contributed by atoms with E-state index in [1.165, 1.54) is 0 Å². The second-order valence-electron chi connectivity index (χ2n) is 5.74. The number of thioether (sulfide) groups is 1. The van der Waals surface area contributed by atoms with E-state index in [2.05, 4.69) is 4.98 Å². The van der Waals surface area contributed by atoms with Gasteiger partial charge in [-0.05, 0) is 29.8 Å². The largest absolute Gasteiger partial charge is 0.484 e. The maximum atomic E-state index is 12.6. The van der Waals surface area contributed by atoms with Crippen molar-refractivity contribution in [1.29, 1.82) is 0 Å². The van der Waals surface area contributed by atoms with Crippen molar-refractivity contribution in [2.75, 3.05) is 6.61 Å². The lowest BCUT2D eigenvalue weighted by molar-refractivity contribution is -0.119. The van der Waals surface area contributed by atoms with E-state index in [1.54, 1.807) is 52.9 Å². The Balaban J connectivity index is 1.60. The lowest BCUT2D eigenvalue weighted by atomic mass is 10.2. The summed E-state index contributed by atoms with van der Waals surface area (Å²) < 4.78 is 10.7. The molecule has 1 heterocycles. The minimum absolute atomic E-state index is 0.0949. The highest BCUT2D eigenvalue weighted by molar-refractivity contribution is 7.98. The predicted octanol–water partition coefficient (Wildman–Crippen LogP) is 3.66. The molecule has 0 atom stereocenters. The molecule has 1 amide bonds. The Hall–Kier alpha value is -2.84. The number of rotatable bonds is 9. The third-order valence-corrected chi connectivity index (χ3v) is 5.36. The minimum Gasteiger partial charge on any atom is -0.484 e. The van der Waals surface area contributed by atoms with E-state index in [-0.39, 0.29) is 13.2 Å². The molecule has 3 rings (SSSR count). The maximum Gasteiger partial charge on any atom is 0.339 e. The summed E-state index contributed by atoms with van der Waals surface area (Å²) in [5, 5.41) is 1.99. The van der Waals surface area contributed by atoms with Crippen LogP contribution in [-0.4, -0.2) is 23.5 Å². The van der Waals surface area contributed by atoms with Crippen molar-refractivity contribution in [2.45, 2.75) is 17.3 Å². The number of aromatic nitrogens is 1. The Kier molecular flexibility index (Phi) is 7.05. The number of carbonyl (C=O) groups excluding carboxylic acids is 2. The smallest absolute Gasteiger partial charge is 0.339 e. The summed E-state index contributed by atoms with van der Waals surface area (Å²) in [6.45, 7) is -0.107. The molecule has 0 radical (unpaired) electrons. The van der Waals surface area contributed by atoms with E-state index < -0.39 is 11.9 Å². The second-order valence-corrected chi connectivity index (χ2v) is 7.48. The van der Waals surface area contributed by atoms with Crippen molar-refractivity contribution in [3.8, 4) is 5.75 Å². The van der Waals surface area contributed by atoms with Gasteiger partial charge in [-0.1, -0.05) is 24.3 Å². The molecule has 0 aliphatic carbocycles. The van der Waals surface area contributed by atoms with Gasteiger partial charge in [0, 0.05) is 16.0 Å². The highest BCUT2D eigenvalue weighted by atomic mass is 32.2. The van der Waals surface area contributed by atoms with Crippen LogP contribution in [0.3, 0.4) is 0 Å². The molecule has 6 nitrogen and oxygen atoms in total. The Morgan fingerprint density at radius 1 is 1.14 bits per heavy atom. The summed E-state index contributed by atoms with van der Waals surface area (Å²) in [6.07, 6.45) is 0. The fraction of sp³-hybridized carbons (Fsp3) is 0.150. The summed E-state index contributed by atoms with van der Waals surface area (Å²) in [5.74, 6) is 0.229. The number of carbonyl (C=O) groups is 2. The molecule has 28 heavy (non-hydrogen) atoms. The number of nitrogens with two attached hydrogens (primary N) is 1. The zero-order valence-electron chi connectivity index (χ0n) is 14.9. The van der Waals surface area contributed by atoms with Crippen molar-refractivity contribution in [2.24, 2.45) is 5.73 Å². The Labute approximate surface area is 170 Å². The molecule has 0 saturated carbocycles. The molecule has 8 heteroatoms. The van der Waals surface area contributed by atoms with Gasteiger partial charge in [-0.25, -0.2) is 9.78 Å². The van der Waals surface area contributed by atoms with Crippen LogP contribution in [0.4, 0.5) is 0 Å². The standard InChI is InChI=1S/C20H18N2O4S2/c21-19(23)10-25-16-5-3-4-14(8-16)9-26-20(24)17-6-1-2-7-18(17)28-12-15-11-27-13-22-15/h1-8,11,13H,9-10,12H2,(H2,21,23). The van der Waals surface area contributed by atoms with Crippen LogP contribution in [-0.2, 0) is 21.9 Å². The first-order valence-electron chi connectivity index (χ1n) is 8.38. The molecule has 3 aromatic rings. The molecule has 0 spiro atoms. The number of ether oxygens (including phenoxy) is 2. The molecule has 0 unspecified atom stereocenters. The van der Waals surface area contributed by atoms with Gasteiger partial charge in [0.1, 0.15) is 12.4 Å². The Morgan fingerprint density at radius 2 is 2.00 bits per heavy atom. The van der Waals surface area contributed by atoms with Crippen LogP contribution in [0, 0.1) is 0 Å². The minimum atomic E-state index is -0.552. The lowest BCUT2D eigenvalue weighted by Crippen LogP contribution is -2.20. The highest BCUT2D eigenvalue weighted by Gasteiger charge is 2.13. The number of hydrogen-bond acceptors (Lipinski definition) is 7. The number of thiazole rings is 1. The molecule has 0 aliphatic rings. The number of esters is 1. The van der Waals surface area contributed by atoms with E-state index in [4.69, 9.17) is 15.2 Å². The van der Waals surface area contributed by atoms with E-state index in [9.17, 15) is 9.59 Å². The van der Waals surface area contributed by atoms with Crippen molar-refractivity contribution in [3.63, 3.8) is 0 Å². The molecule has 2 N–H and O–H groups in total. The van der Waals surface area contributed by atoms with Gasteiger partial charge in [0.15, 0.2) is 6.61 Å². The number of hydrogen-bond donors (Lipinski definition) is 1. The molecule has 1 aromatic heterocycles. The monoisotopic (exact) mass is 414 g/mol. The first-order chi connectivity index (χ1) is 13.6. The zero-order valence-corrected chi connectivity index (χ0v) is 16.5. The lowest BCUT2D eigenvalue weighted by Gasteiger charge is -2.10. The van der Waals surface area contributed by atoms with Crippen LogP contribution in [0.5, 0.6) is 5.75 Å². The molecule has 2 aromatic carbocycles. The Morgan fingerprint density at radius 3 is 2.79 bits per heavy atom. The summed E-state index contributed by atoms with van der Waals surface area (Å²) >= 11 is 3.09. The van der Waals surface area contributed by atoms with Gasteiger partial charge in [-0.3, -0.25) is 4.79 Å². The van der Waals surface area contributed by atoms with Gasteiger partial charge < -0.3 is 15.2 Å². The van der Waals surface area contributed by atoms with Crippen molar-refractivity contribution in [1.82, 2.24) is 4.98 Å². The SMILES string of the molecule is NC(=O)COc1cccc(COC(=O)c2ccccc2SCc2cscn2)c1. The van der Waals surface area contributed by atoms with Gasteiger partial charge in [0.05, 0.1) is 16.8 Å². The van der Waals surface area contributed by atoms with E-state index >= 15 is 0 Å². The summed E-state index contributed by atoms with van der Waals surface area (Å²) in [6, 6.07) is 14.3. The molecule has 0 bridgehead atoms. The predicted molar refractivity (Wildman–Crippen MR) is 108 cm³/mol. The van der Waals surface area contributed by atoms with Gasteiger partial charge >= 0.3 is 5.97 Å². The van der Waals surface area contributed by atoms with Crippen molar-refractivity contribution >= 4 is 35.0 Å². The fourth-order valence-electron chi connectivity index (χ4n) is 2.33. The summed E-state index contributed by atoms with van der Waals surface area (Å²) in [7, 11) is 0. The molecule has 0 aliphatic heterocycles. The van der Waals surface area contributed by atoms with Crippen LogP contribution in [0.15, 0.2) is 64.3 Å². The number of nitrogens with zero attached hydrogens (tertiary/aromatic N) is 1. The van der Waals surface area contributed by atoms with Gasteiger partial charge in [0.2, 0.25) is 0 Å². The Bertz CT molecular complexity index is 945. The molecular formula is C20H18N2O4S2. The van der Waals surface area contributed by atoms with Crippen LogP contribution in [0.1, 0.15) is 21.6 Å². The molecule has 0 fully saturated rings. The molecule has 144 valence electrons.